The van der Waals surface area contributed by atoms with Crippen LogP contribution in [-0.2, 0) is 12.8 Å². The lowest BCUT2D eigenvalue weighted by atomic mass is 9.82. The Labute approximate surface area is 239 Å². The minimum absolute atomic E-state index is 0.00746. The molecule has 0 heterocycles. The van der Waals surface area contributed by atoms with Gasteiger partial charge in [-0.25, -0.2) is 19.2 Å². The fourth-order valence-corrected chi connectivity index (χ4v) is 5.42. The van der Waals surface area contributed by atoms with E-state index < -0.39 is 46.1 Å². The third kappa shape index (κ3) is 11.7. The maximum absolute atomic E-state index is 12.3. The van der Waals surface area contributed by atoms with Gasteiger partial charge in [0.15, 0.2) is 0 Å². The molecule has 0 saturated carbocycles. The smallest absolute Gasteiger partial charge is 0.336 e. The summed E-state index contributed by atoms with van der Waals surface area (Å²) < 4.78 is 0. The van der Waals surface area contributed by atoms with Crippen molar-refractivity contribution in [2.24, 2.45) is 11.8 Å². The first-order valence-corrected chi connectivity index (χ1v) is 15.0. The molecular weight excluding hydrogens is 512 g/mol. The highest BCUT2D eigenvalue weighted by Gasteiger charge is 2.35. The molecule has 0 saturated heterocycles. The quantitative estimate of drug-likeness (QED) is 0.103. The van der Waals surface area contributed by atoms with Crippen molar-refractivity contribution < 1.29 is 39.6 Å². The van der Waals surface area contributed by atoms with E-state index in [2.05, 4.69) is 27.7 Å². The number of carboxylic acid groups (broad SMARTS) is 4. The second-order valence-electron chi connectivity index (χ2n) is 11.8. The molecule has 0 atom stereocenters. The Hall–Kier alpha value is -2.90. The van der Waals surface area contributed by atoms with E-state index in [4.69, 9.17) is 0 Å². The molecule has 1 aromatic carbocycles. The van der Waals surface area contributed by atoms with Crippen molar-refractivity contribution in [2.75, 3.05) is 0 Å². The Balaban J connectivity index is 3.19. The third-order valence-corrected chi connectivity index (χ3v) is 7.48. The molecule has 0 bridgehead atoms. The lowest BCUT2D eigenvalue weighted by Gasteiger charge is -2.20. The van der Waals surface area contributed by atoms with E-state index in [1.165, 1.54) is 0 Å². The van der Waals surface area contributed by atoms with Crippen LogP contribution >= 0.6 is 0 Å². The molecule has 226 valence electrons. The van der Waals surface area contributed by atoms with E-state index in [0.29, 0.717) is 37.5 Å². The molecule has 1 aromatic rings. The fraction of sp³-hybridized carbons (Fsp3) is 0.688. The monoisotopic (exact) mass is 562 g/mol. The number of hydrogen-bond donors (Lipinski definition) is 4. The Morgan fingerprint density at radius 3 is 0.875 bits per heavy atom. The van der Waals surface area contributed by atoms with E-state index in [-0.39, 0.29) is 24.0 Å². The topological polar surface area (TPSA) is 149 Å². The van der Waals surface area contributed by atoms with E-state index in [1.807, 2.05) is 0 Å². The van der Waals surface area contributed by atoms with Gasteiger partial charge in [0.1, 0.15) is 0 Å². The van der Waals surface area contributed by atoms with Gasteiger partial charge in [-0.3, -0.25) is 0 Å². The predicted molar refractivity (Wildman–Crippen MR) is 156 cm³/mol. The number of unbranched alkanes of at least 4 members (excludes halogenated alkanes) is 10. The first-order valence-electron chi connectivity index (χ1n) is 15.0. The molecule has 0 fully saturated rings. The van der Waals surface area contributed by atoms with E-state index in [1.54, 1.807) is 0 Å². The Kier molecular flexibility index (Phi) is 16.2. The van der Waals surface area contributed by atoms with Crippen LogP contribution in [-0.4, -0.2) is 44.3 Å². The molecule has 0 aliphatic carbocycles. The second-order valence-corrected chi connectivity index (χ2v) is 11.8. The zero-order valence-corrected chi connectivity index (χ0v) is 24.9. The molecule has 4 N–H and O–H groups in total. The summed E-state index contributed by atoms with van der Waals surface area (Å²) in [5, 5.41) is 40.1. The van der Waals surface area contributed by atoms with Crippen molar-refractivity contribution in [2.45, 2.75) is 130 Å². The maximum Gasteiger partial charge on any atom is 0.336 e. The van der Waals surface area contributed by atoms with Gasteiger partial charge in [0.2, 0.25) is 0 Å². The van der Waals surface area contributed by atoms with Gasteiger partial charge in [-0.1, -0.05) is 105 Å². The number of benzene rings is 1. The summed E-state index contributed by atoms with van der Waals surface area (Å²) in [6.07, 6.45) is 12.8. The van der Waals surface area contributed by atoms with Crippen molar-refractivity contribution >= 4 is 23.9 Å². The highest BCUT2D eigenvalue weighted by atomic mass is 16.4. The number of rotatable bonds is 22. The van der Waals surface area contributed by atoms with Crippen LogP contribution in [0, 0.1) is 11.8 Å². The Bertz CT molecular complexity index is 861. The predicted octanol–water partition coefficient (Wildman–Crippen LogP) is 8.34. The molecule has 8 heteroatoms. The second kappa shape index (κ2) is 18.4. The largest absolute Gasteiger partial charge is 0.478 e. The van der Waals surface area contributed by atoms with Gasteiger partial charge in [-0.15, -0.1) is 0 Å². The van der Waals surface area contributed by atoms with Crippen molar-refractivity contribution in [1.82, 2.24) is 0 Å². The summed E-state index contributed by atoms with van der Waals surface area (Å²) in [4.78, 5) is 49.4. The normalized spacial score (nSPS) is 11.3. The molecule has 0 unspecified atom stereocenters. The van der Waals surface area contributed by atoms with Gasteiger partial charge in [0, 0.05) is 0 Å². The summed E-state index contributed by atoms with van der Waals surface area (Å²) >= 11 is 0. The van der Waals surface area contributed by atoms with Crippen LogP contribution in [0.3, 0.4) is 0 Å². The molecule has 40 heavy (non-hydrogen) atoms. The van der Waals surface area contributed by atoms with Crippen LogP contribution in [0.2, 0.25) is 0 Å². The minimum Gasteiger partial charge on any atom is -0.478 e. The van der Waals surface area contributed by atoms with Gasteiger partial charge in [0.05, 0.1) is 22.3 Å². The zero-order chi connectivity index (χ0) is 30.2. The SMILES string of the molecule is CC(C)CCCCCCCCc1c(C(=O)O)c(C(=O)O)c(CCCCCCCCC(C)C)c(C(=O)O)c1C(=O)O. The fourth-order valence-electron chi connectivity index (χ4n) is 5.42. The van der Waals surface area contributed by atoms with Crippen LogP contribution in [0.15, 0.2) is 0 Å². The summed E-state index contributed by atoms with van der Waals surface area (Å²) in [6.45, 7) is 8.71. The Morgan fingerprint density at radius 2 is 0.650 bits per heavy atom. The number of carboxylic acids is 4. The average Bonchev–Trinajstić information content (AvgIpc) is 2.85. The van der Waals surface area contributed by atoms with Crippen LogP contribution < -0.4 is 0 Å². The number of carbonyl (C=O) groups is 4. The highest BCUT2D eigenvalue weighted by Crippen LogP contribution is 2.32. The zero-order valence-electron chi connectivity index (χ0n) is 24.9. The first kappa shape index (κ1) is 35.1. The van der Waals surface area contributed by atoms with Gasteiger partial charge < -0.3 is 20.4 Å². The molecule has 0 spiro atoms. The molecule has 0 aromatic heterocycles. The van der Waals surface area contributed by atoms with Crippen LogP contribution in [0.1, 0.15) is 170 Å². The molecule has 0 amide bonds. The molecular formula is C32H50O8. The summed E-state index contributed by atoms with van der Waals surface area (Å²) in [5.74, 6) is -4.89. The average molecular weight is 563 g/mol. The lowest BCUT2D eigenvalue weighted by molar-refractivity contribution is 0.0632. The molecule has 0 aliphatic heterocycles. The molecule has 0 radical (unpaired) electrons. The first-order chi connectivity index (χ1) is 18.9. The third-order valence-electron chi connectivity index (χ3n) is 7.48. The van der Waals surface area contributed by atoms with Crippen LogP contribution in [0.5, 0.6) is 0 Å². The lowest BCUT2D eigenvalue weighted by Crippen LogP contribution is -2.24. The van der Waals surface area contributed by atoms with Crippen molar-refractivity contribution in [3.8, 4) is 0 Å². The van der Waals surface area contributed by atoms with Crippen LogP contribution in [0.4, 0.5) is 0 Å². The molecule has 0 aliphatic rings. The van der Waals surface area contributed by atoms with Crippen molar-refractivity contribution in [3.05, 3.63) is 33.4 Å². The summed E-state index contributed by atoms with van der Waals surface area (Å²) in [7, 11) is 0. The van der Waals surface area contributed by atoms with E-state index in [9.17, 15) is 39.6 Å². The molecule has 1 rings (SSSR count). The van der Waals surface area contributed by atoms with Gasteiger partial charge in [-0.05, 0) is 48.6 Å². The van der Waals surface area contributed by atoms with Crippen molar-refractivity contribution in [3.63, 3.8) is 0 Å². The minimum atomic E-state index is -1.55. The summed E-state index contributed by atoms with van der Waals surface area (Å²) in [6, 6.07) is 0. The number of aromatic carboxylic acids is 4. The standard InChI is InChI=1S/C32H50O8/c1-21(2)17-13-9-5-7-11-15-19-23-25(29(33)34)27(31(37)38)24(28(32(39)40)26(23)30(35)36)20-16-12-8-6-10-14-18-22(3)4/h21-22H,5-20H2,1-4H3,(H,33,34)(H,35,36)(H,37,38)(H,39,40). The molecule has 8 nitrogen and oxygen atoms in total. The maximum atomic E-state index is 12.3. The highest BCUT2D eigenvalue weighted by molar-refractivity contribution is 6.12. The van der Waals surface area contributed by atoms with Crippen molar-refractivity contribution in [1.29, 1.82) is 0 Å². The van der Waals surface area contributed by atoms with Gasteiger partial charge >= 0.3 is 23.9 Å². The summed E-state index contributed by atoms with van der Waals surface area (Å²) in [5.41, 5.74) is -2.76. The Morgan fingerprint density at radius 1 is 0.425 bits per heavy atom. The van der Waals surface area contributed by atoms with Gasteiger partial charge in [-0.2, -0.15) is 0 Å². The van der Waals surface area contributed by atoms with Gasteiger partial charge in [0.25, 0.3) is 0 Å². The van der Waals surface area contributed by atoms with E-state index >= 15 is 0 Å². The van der Waals surface area contributed by atoms with E-state index in [0.717, 1.165) is 64.2 Å². The van der Waals surface area contributed by atoms with Crippen LogP contribution in [0.25, 0.3) is 0 Å². The number of hydrogen-bond acceptors (Lipinski definition) is 4.